The molecular formula is C19H20N4O8. The molecule has 1 aliphatic heterocycles. The second-order valence-electron chi connectivity index (χ2n) is 6.61. The van der Waals surface area contributed by atoms with E-state index in [0.29, 0.717) is 0 Å². The van der Waals surface area contributed by atoms with Crippen LogP contribution in [-0.4, -0.2) is 56.5 Å². The zero-order valence-electron chi connectivity index (χ0n) is 16.1. The van der Waals surface area contributed by atoms with Gasteiger partial charge in [-0.1, -0.05) is 30.3 Å². The molecule has 1 amide bonds. The molecule has 4 atom stereocenters. The lowest BCUT2D eigenvalue weighted by atomic mass is 10.1. The maximum atomic E-state index is 12.5. The van der Waals surface area contributed by atoms with Gasteiger partial charge in [-0.05, 0) is 5.56 Å². The van der Waals surface area contributed by atoms with Gasteiger partial charge in [0.15, 0.2) is 12.2 Å². The second-order valence-corrected chi connectivity index (χ2v) is 6.61. The molecule has 164 valence electrons. The van der Waals surface area contributed by atoms with Crippen molar-refractivity contribution in [2.75, 3.05) is 6.61 Å². The van der Waals surface area contributed by atoms with Crippen LogP contribution in [0.5, 0.6) is 0 Å². The van der Waals surface area contributed by atoms with Gasteiger partial charge in [-0.25, -0.2) is 9.59 Å². The molecule has 0 saturated carbocycles. The predicted molar refractivity (Wildman–Crippen MR) is 104 cm³/mol. The molecule has 3 rings (SSSR count). The van der Waals surface area contributed by atoms with E-state index >= 15 is 0 Å². The number of amides is 1. The standard InChI is InChI=1S/C19H20N4O8/c24-8-12(22-30-10-11-4-2-1-3-5-11)17(28)21-15-16(27)13(9-25)31-18(15)23-7-6-14(26)20-19(23)29/h1-7,13,15-16,18,22,25,27H,9-10H2,(H,21,28)(H,20,26,29)/t13-,15-,16-,18-/m1/s1. The Kier molecular flexibility index (Phi) is 7.13. The number of hydrogen-bond donors (Lipinski definition) is 5. The van der Waals surface area contributed by atoms with Gasteiger partial charge < -0.3 is 20.3 Å². The van der Waals surface area contributed by atoms with Crippen LogP contribution in [0, 0.1) is 0 Å². The van der Waals surface area contributed by atoms with Gasteiger partial charge in [0, 0.05) is 12.3 Å². The largest absolute Gasteiger partial charge is 0.394 e. The molecule has 0 aliphatic carbocycles. The van der Waals surface area contributed by atoms with Gasteiger partial charge in [0.05, 0.1) is 13.2 Å². The van der Waals surface area contributed by atoms with E-state index in [9.17, 15) is 29.4 Å². The zero-order valence-corrected chi connectivity index (χ0v) is 16.1. The van der Waals surface area contributed by atoms with E-state index in [2.05, 4.69) is 10.8 Å². The van der Waals surface area contributed by atoms with Crippen LogP contribution >= 0.6 is 0 Å². The Labute approximate surface area is 174 Å². The highest BCUT2D eigenvalue weighted by molar-refractivity contribution is 6.00. The fourth-order valence-electron chi connectivity index (χ4n) is 3.02. The number of H-pyrrole nitrogens is 1. The lowest BCUT2D eigenvalue weighted by Crippen LogP contribution is -2.50. The quantitative estimate of drug-likeness (QED) is 0.175. The third-order valence-electron chi connectivity index (χ3n) is 4.56. The number of carbonyl (C=O) groups excluding carboxylic acids is 2. The Hall–Kier alpha value is -3.54. The molecule has 0 radical (unpaired) electrons. The van der Waals surface area contributed by atoms with Crippen molar-refractivity contribution in [3.63, 3.8) is 0 Å². The lowest BCUT2D eigenvalue weighted by molar-refractivity contribution is -0.121. The molecular weight excluding hydrogens is 412 g/mol. The molecule has 0 bridgehead atoms. The van der Waals surface area contributed by atoms with Crippen LogP contribution in [0.4, 0.5) is 0 Å². The number of aliphatic hydroxyl groups excluding tert-OH is 2. The summed E-state index contributed by atoms with van der Waals surface area (Å²) in [5.74, 6) is 0.417. The maximum absolute atomic E-state index is 12.5. The summed E-state index contributed by atoms with van der Waals surface area (Å²) in [6, 6.07) is 8.77. The number of aliphatic hydroxyl groups is 2. The average Bonchev–Trinajstić information content (AvgIpc) is 3.07. The Morgan fingerprint density at radius 2 is 2.00 bits per heavy atom. The first-order chi connectivity index (χ1) is 14.9. The van der Waals surface area contributed by atoms with Gasteiger partial charge in [-0.2, -0.15) is 0 Å². The minimum absolute atomic E-state index is 0.0520. The van der Waals surface area contributed by atoms with Crippen molar-refractivity contribution < 1.29 is 29.4 Å². The van der Waals surface area contributed by atoms with Gasteiger partial charge >= 0.3 is 5.69 Å². The van der Waals surface area contributed by atoms with Crippen LogP contribution < -0.4 is 22.0 Å². The molecule has 0 spiro atoms. The molecule has 2 aromatic rings. The highest BCUT2D eigenvalue weighted by atomic mass is 16.6. The smallest absolute Gasteiger partial charge is 0.330 e. The van der Waals surface area contributed by atoms with Crippen LogP contribution in [0.1, 0.15) is 11.8 Å². The van der Waals surface area contributed by atoms with E-state index < -0.39 is 53.9 Å². The first-order valence-electron chi connectivity index (χ1n) is 9.18. The molecule has 1 fully saturated rings. The molecule has 12 nitrogen and oxygen atoms in total. The molecule has 1 aromatic carbocycles. The normalized spacial score (nSPS) is 22.5. The van der Waals surface area contributed by atoms with Gasteiger partial charge in [0.2, 0.25) is 5.70 Å². The van der Waals surface area contributed by atoms with E-state index in [1.807, 2.05) is 11.1 Å². The average molecular weight is 432 g/mol. The van der Waals surface area contributed by atoms with E-state index in [-0.39, 0.29) is 6.61 Å². The summed E-state index contributed by atoms with van der Waals surface area (Å²) in [5, 5.41) is 22.2. The first-order valence-corrected chi connectivity index (χ1v) is 9.18. The lowest BCUT2D eigenvalue weighted by Gasteiger charge is -2.23. The zero-order chi connectivity index (χ0) is 22.4. The molecule has 0 unspecified atom stereocenters. The summed E-state index contributed by atoms with van der Waals surface area (Å²) in [7, 11) is 0. The summed E-state index contributed by atoms with van der Waals surface area (Å²) in [4.78, 5) is 54.3. The monoisotopic (exact) mass is 432 g/mol. The van der Waals surface area contributed by atoms with E-state index in [0.717, 1.165) is 22.4 Å². The van der Waals surface area contributed by atoms with E-state index in [1.54, 1.807) is 24.3 Å². The van der Waals surface area contributed by atoms with Crippen molar-refractivity contribution in [1.29, 1.82) is 0 Å². The minimum Gasteiger partial charge on any atom is -0.394 e. The van der Waals surface area contributed by atoms with Gasteiger partial charge in [-0.15, -0.1) is 0 Å². The van der Waals surface area contributed by atoms with Crippen molar-refractivity contribution in [1.82, 2.24) is 20.3 Å². The van der Waals surface area contributed by atoms with Crippen LogP contribution in [0.3, 0.4) is 0 Å². The van der Waals surface area contributed by atoms with Gasteiger partial charge in [0.1, 0.15) is 18.2 Å². The summed E-state index contributed by atoms with van der Waals surface area (Å²) < 4.78 is 6.40. The molecule has 2 heterocycles. The number of nitrogens with one attached hydrogen (secondary N) is 3. The topological polar surface area (TPSA) is 172 Å². The van der Waals surface area contributed by atoms with E-state index in [4.69, 9.17) is 9.57 Å². The predicted octanol–water partition coefficient (Wildman–Crippen LogP) is -2.29. The van der Waals surface area contributed by atoms with Crippen molar-refractivity contribution in [2.24, 2.45) is 0 Å². The fraction of sp³-hybridized carbons (Fsp3) is 0.316. The summed E-state index contributed by atoms with van der Waals surface area (Å²) in [5.41, 5.74) is 0.874. The fourth-order valence-corrected chi connectivity index (χ4v) is 3.02. The van der Waals surface area contributed by atoms with Crippen molar-refractivity contribution in [2.45, 2.75) is 31.1 Å². The SMILES string of the molecule is O=C=C(NOCc1ccccc1)C(=O)N[C@@H]1[C@H](O)[C@@H](CO)O[C@H]1n1ccc(=O)[nH]c1=O. The Morgan fingerprint density at radius 3 is 2.65 bits per heavy atom. The summed E-state index contributed by atoms with van der Waals surface area (Å²) in [6.07, 6.45) is -2.69. The molecule has 12 heteroatoms. The number of aromatic amines is 1. The molecule has 1 saturated heterocycles. The highest BCUT2D eigenvalue weighted by Crippen LogP contribution is 2.28. The molecule has 1 aliphatic rings. The maximum Gasteiger partial charge on any atom is 0.330 e. The van der Waals surface area contributed by atoms with Crippen LogP contribution in [0.25, 0.3) is 0 Å². The van der Waals surface area contributed by atoms with Crippen LogP contribution in [0.2, 0.25) is 0 Å². The first kappa shape index (κ1) is 22.2. The minimum atomic E-state index is -1.42. The van der Waals surface area contributed by atoms with Crippen LogP contribution in [0.15, 0.2) is 57.9 Å². The number of hydroxylamine groups is 1. The number of aromatic nitrogens is 2. The van der Waals surface area contributed by atoms with Gasteiger partial charge in [0.25, 0.3) is 11.5 Å². The number of carbonyl (C=O) groups is 1. The Bertz CT molecular complexity index is 1080. The van der Waals surface area contributed by atoms with Crippen LogP contribution in [-0.2, 0) is 25.8 Å². The third kappa shape index (κ3) is 5.15. The Morgan fingerprint density at radius 1 is 1.26 bits per heavy atom. The van der Waals surface area contributed by atoms with Crippen molar-refractivity contribution >= 4 is 11.8 Å². The number of nitrogens with zero attached hydrogens (tertiary/aromatic N) is 1. The second kappa shape index (κ2) is 9.98. The molecule has 1 aromatic heterocycles. The van der Waals surface area contributed by atoms with Crippen molar-refractivity contribution in [3.8, 4) is 0 Å². The summed E-state index contributed by atoms with van der Waals surface area (Å²) >= 11 is 0. The summed E-state index contributed by atoms with van der Waals surface area (Å²) in [6.45, 7) is -0.548. The molecule has 31 heavy (non-hydrogen) atoms. The Balaban J connectivity index is 1.72. The number of hydrogen-bond acceptors (Lipinski definition) is 9. The highest BCUT2D eigenvalue weighted by Gasteiger charge is 2.46. The number of rotatable bonds is 8. The third-order valence-corrected chi connectivity index (χ3v) is 4.56. The molecule has 5 N–H and O–H groups in total. The van der Waals surface area contributed by atoms with Gasteiger partial charge in [-0.3, -0.25) is 29.5 Å². The number of benzene rings is 1. The van der Waals surface area contributed by atoms with E-state index in [1.165, 1.54) is 5.94 Å². The van der Waals surface area contributed by atoms with Crippen molar-refractivity contribution in [3.05, 3.63) is 74.7 Å². The number of ether oxygens (including phenoxy) is 1.